The third-order valence-electron chi connectivity index (χ3n) is 6.73. The van der Waals surface area contributed by atoms with Crippen LogP contribution in [0.2, 0.25) is 5.02 Å². The Morgan fingerprint density at radius 2 is 1.75 bits per heavy atom. The van der Waals surface area contributed by atoms with Crippen LogP contribution in [0.25, 0.3) is 11.1 Å². The monoisotopic (exact) mass is 386 g/mol. The van der Waals surface area contributed by atoms with Crippen molar-refractivity contribution in [3.8, 4) is 11.1 Å². The molecule has 0 N–H and O–H groups in total. The maximum absolute atomic E-state index is 13.2. The van der Waals surface area contributed by atoms with Gasteiger partial charge in [-0.2, -0.15) is 0 Å². The van der Waals surface area contributed by atoms with Gasteiger partial charge in [-0.05, 0) is 77.3 Å². The largest absolute Gasteiger partial charge is 0.294 e. The molecule has 3 aromatic carbocycles. The lowest BCUT2D eigenvalue weighted by Crippen LogP contribution is -2.31. The molecule has 0 bridgehead atoms. The van der Waals surface area contributed by atoms with E-state index < -0.39 is 0 Å². The number of rotatable bonds is 1. The van der Waals surface area contributed by atoms with Crippen LogP contribution >= 0.6 is 11.6 Å². The fourth-order valence-electron chi connectivity index (χ4n) is 5.45. The van der Waals surface area contributed by atoms with E-state index in [-0.39, 0.29) is 11.2 Å². The average Bonchev–Trinajstić information content (AvgIpc) is 2.67. The number of Topliss-reactive ketones (excluding diaryl/α,β-unsaturated/α-hetero) is 1. The molecule has 1 unspecified atom stereocenters. The molecule has 0 saturated carbocycles. The Hall–Kier alpha value is -2.38. The van der Waals surface area contributed by atoms with Gasteiger partial charge in [-0.3, -0.25) is 4.79 Å². The zero-order valence-electron chi connectivity index (χ0n) is 16.3. The predicted octanol–water partition coefficient (Wildman–Crippen LogP) is 6.70. The van der Waals surface area contributed by atoms with Crippen molar-refractivity contribution >= 4 is 17.4 Å². The molecule has 0 aliphatic heterocycles. The van der Waals surface area contributed by atoms with Gasteiger partial charge in [-0.1, -0.05) is 61.0 Å². The number of ketones is 1. The lowest BCUT2D eigenvalue weighted by Gasteiger charge is -2.39. The third kappa shape index (κ3) is 2.49. The summed E-state index contributed by atoms with van der Waals surface area (Å²) in [6.07, 6.45) is 3.67. The van der Waals surface area contributed by atoms with Crippen LogP contribution < -0.4 is 0 Å². The molecule has 28 heavy (non-hydrogen) atoms. The molecule has 2 heteroatoms. The summed E-state index contributed by atoms with van der Waals surface area (Å²) in [5.74, 6) is 0.266. The van der Waals surface area contributed by atoms with Gasteiger partial charge >= 0.3 is 0 Å². The van der Waals surface area contributed by atoms with E-state index in [0.29, 0.717) is 6.42 Å². The van der Waals surface area contributed by atoms with Crippen molar-refractivity contribution in [2.45, 2.75) is 44.9 Å². The molecule has 2 aliphatic rings. The van der Waals surface area contributed by atoms with Crippen LogP contribution in [0.15, 0.2) is 54.6 Å². The minimum Gasteiger partial charge on any atom is -0.294 e. The molecule has 0 radical (unpaired) electrons. The number of carbonyl (C=O) groups excluding carboxylic acids is 1. The molecule has 1 nitrogen and oxygen atoms in total. The highest BCUT2D eigenvalue weighted by molar-refractivity contribution is 6.30. The van der Waals surface area contributed by atoms with Gasteiger partial charge in [-0.15, -0.1) is 0 Å². The summed E-state index contributed by atoms with van der Waals surface area (Å²) >= 11 is 6.22. The zero-order chi connectivity index (χ0) is 19.5. The number of halogens is 1. The molecule has 0 saturated heterocycles. The molecular formula is C26H23ClO. The quantitative estimate of drug-likeness (QED) is 0.455. The van der Waals surface area contributed by atoms with Gasteiger partial charge in [-0.25, -0.2) is 0 Å². The summed E-state index contributed by atoms with van der Waals surface area (Å²) in [5.41, 5.74) is 9.47. The third-order valence-corrected chi connectivity index (χ3v) is 6.97. The topological polar surface area (TPSA) is 17.1 Å². The number of benzene rings is 3. The van der Waals surface area contributed by atoms with Crippen molar-refractivity contribution in [1.29, 1.82) is 0 Å². The lowest BCUT2D eigenvalue weighted by atomic mass is 9.64. The maximum Gasteiger partial charge on any atom is 0.168 e. The van der Waals surface area contributed by atoms with E-state index in [1.807, 2.05) is 12.1 Å². The van der Waals surface area contributed by atoms with Crippen LogP contribution in [0.3, 0.4) is 0 Å². The van der Waals surface area contributed by atoms with E-state index in [4.69, 9.17) is 11.6 Å². The highest BCUT2D eigenvalue weighted by Crippen LogP contribution is 2.47. The van der Waals surface area contributed by atoms with Crippen LogP contribution in [-0.4, -0.2) is 5.78 Å². The van der Waals surface area contributed by atoms with Gasteiger partial charge in [0.2, 0.25) is 0 Å². The summed E-state index contributed by atoms with van der Waals surface area (Å²) in [5, 5.41) is 0.776. The molecule has 0 amide bonds. The molecule has 0 heterocycles. The molecule has 140 valence electrons. The van der Waals surface area contributed by atoms with Gasteiger partial charge in [0.25, 0.3) is 0 Å². The molecule has 0 spiro atoms. The minimum atomic E-state index is -0.0888. The lowest BCUT2D eigenvalue weighted by molar-refractivity contribution is 0.0990. The molecular weight excluding hydrogens is 364 g/mol. The van der Waals surface area contributed by atoms with Gasteiger partial charge in [0.1, 0.15) is 0 Å². The summed E-state index contributed by atoms with van der Waals surface area (Å²) in [4.78, 5) is 13.2. The Morgan fingerprint density at radius 3 is 2.57 bits per heavy atom. The van der Waals surface area contributed by atoms with Gasteiger partial charge < -0.3 is 0 Å². The van der Waals surface area contributed by atoms with E-state index in [2.05, 4.69) is 56.3 Å². The van der Waals surface area contributed by atoms with E-state index in [0.717, 1.165) is 41.0 Å². The number of hydrogen-bond donors (Lipinski definition) is 0. The van der Waals surface area contributed by atoms with E-state index >= 15 is 0 Å². The Balaban J connectivity index is 1.75. The first-order chi connectivity index (χ1) is 13.5. The molecule has 1 atom stereocenters. The second-order valence-corrected chi connectivity index (χ2v) is 8.85. The molecule has 0 fully saturated rings. The van der Waals surface area contributed by atoms with Crippen LogP contribution in [0.4, 0.5) is 0 Å². The summed E-state index contributed by atoms with van der Waals surface area (Å²) in [7, 11) is 0. The molecule has 3 aromatic rings. The Labute approximate surface area is 171 Å². The first-order valence-corrected chi connectivity index (χ1v) is 10.4. The van der Waals surface area contributed by atoms with Crippen molar-refractivity contribution in [3.63, 3.8) is 0 Å². The summed E-state index contributed by atoms with van der Waals surface area (Å²) in [6.45, 7) is 4.47. The van der Waals surface area contributed by atoms with Crippen LogP contribution in [0, 0.1) is 6.92 Å². The Kier molecular flexibility index (Phi) is 4.00. The van der Waals surface area contributed by atoms with Gasteiger partial charge in [0.15, 0.2) is 5.78 Å². The highest BCUT2D eigenvalue weighted by atomic mass is 35.5. The zero-order valence-corrected chi connectivity index (χ0v) is 17.1. The Bertz CT molecular complexity index is 1130. The number of hydrogen-bond acceptors (Lipinski definition) is 1. The van der Waals surface area contributed by atoms with Crippen LogP contribution in [0.5, 0.6) is 0 Å². The first kappa shape index (κ1) is 17.7. The normalized spacial score (nSPS) is 20.3. The van der Waals surface area contributed by atoms with E-state index in [9.17, 15) is 4.79 Å². The average molecular weight is 387 g/mol. The first-order valence-electron chi connectivity index (χ1n) is 10.0. The smallest absolute Gasteiger partial charge is 0.168 e. The van der Waals surface area contributed by atoms with Crippen LogP contribution in [-0.2, 0) is 18.3 Å². The van der Waals surface area contributed by atoms with Crippen molar-refractivity contribution in [1.82, 2.24) is 0 Å². The predicted molar refractivity (Wildman–Crippen MR) is 115 cm³/mol. The van der Waals surface area contributed by atoms with Crippen molar-refractivity contribution in [2.24, 2.45) is 0 Å². The fraction of sp³-hybridized carbons (Fsp3) is 0.269. The van der Waals surface area contributed by atoms with E-state index in [1.54, 1.807) is 0 Å². The molecule has 0 aromatic heterocycles. The second kappa shape index (κ2) is 6.32. The fourth-order valence-corrected chi connectivity index (χ4v) is 5.67. The number of fused-ring (bicyclic) bond motifs is 5. The molecule has 5 rings (SSSR count). The standard InChI is InChI=1S/C26H23ClO/c1-16-14-18(27)9-11-22(16)26(2)13-5-8-21-23(26)12-10-20-19-7-4-3-6-17(19)15-24(28)25(20)21/h3-4,6-7,9-12,14H,5,8,13,15H2,1-2H3. The SMILES string of the molecule is Cc1cc(Cl)ccc1C1(C)CCCc2c1ccc1c2C(=O)Cc2ccccc2-1. The number of carbonyl (C=O) groups is 1. The maximum atomic E-state index is 13.2. The summed E-state index contributed by atoms with van der Waals surface area (Å²) < 4.78 is 0. The molecule has 2 aliphatic carbocycles. The van der Waals surface area contributed by atoms with Crippen molar-refractivity contribution < 1.29 is 4.79 Å². The number of aryl methyl sites for hydroxylation is 1. The summed E-state index contributed by atoms with van der Waals surface area (Å²) in [6, 6.07) is 19.0. The Morgan fingerprint density at radius 1 is 0.964 bits per heavy atom. The van der Waals surface area contributed by atoms with E-state index in [1.165, 1.54) is 27.8 Å². The minimum absolute atomic E-state index is 0.0888. The second-order valence-electron chi connectivity index (χ2n) is 8.42. The van der Waals surface area contributed by atoms with Gasteiger partial charge in [0.05, 0.1) is 0 Å². The van der Waals surface area contributed by atoms with Crippen molar-refractivity contribution in [3.05, 3.63) is 93.0 Å². The highest BCUT2D eigenvalue weighted by Gasteiger charge is 2.38. The van der Waals surface area contributed by atoms with Crippen LogP contribution in [0.1, 0.15) is 57.9 Å². The van der Waals surface area contributed by atoms with Gasteiger partial charge in [0, 0.05) is 22.4 Å². The van der Waals surface area contributed by atoms with Crippen molar-refractivity contribution in [2.75, 3.05) is 0 Å².